The van der Waals surface area contributed by atoms with Crippen LogP contribution in [0.25, 0.3) is 0 Å². The average molecular weight is 257 g/mol. The van der Waals surface area contributed by atoms with Gasteiger partial charge in [-0.05, 0) is 31.4 Å². The van der Waals surface area contributed by atoms with Crippen molar-refractivity contribution in [1.29, 1.82) is 0 Å². The predicted octanol–water partition coefficient (Wildman–Crippen LogP) is 4.10. The third-order valence-corrected chi connectivity index (χ3v) is 3.28. The van der Waals surface area contributed by atoms with Crippen molar-refractivity contribution in [3.8, 4) is 0 Å². The van der Waals surface area contributed by atoms with Crippen molar-refractivity contribution < 1.29 is 0 Å². The molecule has 3 N–H and O–H groups in total. The Balaban J connectivity index is 2.17. The quantitative estimate of drug-likeness (QED) is 0.618. The highest BCUT2D eigenvalue weighted by atomic mass is 35.5. The minimum atomic E-state index is 0.406. The van der Waals surface area contributed by atoms with Gasteiger partial charge in [-0.15, -0.1) is 0 Å². The smallest absolute Gasteiger partial charge is 0.0722 e. The first kappa shape index (κ1) is 11.6. The molecular formula is C12H14Cl2N2. The molecule has 1 aliphatic rings. The first-order valence-electron chi connectivity index (χ1n) is 5.33. The van der Waals surface area contributed by atoms with Gasteiger partial charge in [0.05, 0.1) is 15.7 Å². The van der Waals surface area contributed by atoms with E-state index in [1.165, 1.54) is 0 Å². The number of halogens is 2. The van der Waals surface area contributed by atoms with E-state index >= 15 is 0 Å². The molecule has 0 radical (unpaired) electrons. The number of allylic oxidation sites excluding steroid dienone is 1. The van der Waals surface area contributed by atoms with Crippen molar-refractivity contribution in [2.24, 2.45) is 0 Å². The number of nitrogens with two attached hydrogens (primary N) is 1. The molecule has 0 spiro atoms. The largest absolute Gasteiger partial charge is 0.399 e. The SMILES string of the molecule is Nc1cc(Cl)c(NC2CC=CCC2)c(Cl)c1. The van der Waals surface area contributed by atoms with Gasteiger partial charge in [-0.2, -0.15) is 0 Å². The van der Waals surface area contributed by atoms with Crippen LogP contribution in [0.4, 0.5) is 11.4 Å². The Morgan fingerprint density at radius 2 is 1.88 bits per heavy atom. The summed E-state index contributed by atoms with van der Waals surface area (Å²) in [4.78, 5) is 0. The molecule has 0 aromatic heterocycles. The van der Waals surface area contributed by atoms with Gasteiger partial charge in [0.25, 0.3) is 0 Å². The van der Waals surface area contributed by atoms with E-state index < -0.39 is 0 Å². The Morgan fingerprint density at radius 1 is 1.19 bits per heavy atom. The minimum absolute atomic E-state index is 0.406. The second-order valence-corrected chi connectivity index (χ2v) is 4.80. The highest BCUT2D eigenvalue weighted by Crippen LogP contribution is 2.34. The molecule has 1 unspecified atom stereocenters. The van der Waals surface area contributed by atoms with Crippen LogP contribution in [0.2, 0.25) is 10.0 Å². The highest BCUT2D eigenvalue weighted by Gasteiger charge is 2.13. The molecule has 1 atom stereocenters. The summed E-state index contributed by atoms with van der Waals surface area (Å²) in [5.41, 5.74) is 7.03. The lowest BCUT2D eigenvalue weighted by molar-refractivity contribution is 0.645. The third-order valence-electron chi connectivity index (χ3n) is 2.68. The van der Waals surface area contributed by atoms with E-state index in [1.54, 1.807) is 12.1 Å². The molecule has 0 amide bonds. The Hall–Kier alpha value is -0.860. The van der Waals surface area contributed by atoms with Crippen molar-refractivity contribution in [3.63, 3.8) is 0 Å². The maximum Gasteiger partial charge on any atom is 0.0722 e. The van der Waals surface area contributed by atoms with Gasteiger partial charge in [-0.3, -0.25) is 0 Å². The molecule has 1 aliphatic carbocycles. The summed E-state index contributed by atoms with van der Waals surface area (Å²) in [7, 11) is 0. The number of benzene rings is 1. The summed E-state index contributed by atoms with van der Waals surface area (Å²) < 4.78 is 0. The van der Waals surface area contributed by atoms with Gasteiger partial charge in [-0.1, -0.05) is 35.4 Å². The van der Waals surface area contributed by atoms with Crippen LogP contribution in [-0.4, -0.2) is 6.04 Å². The van der Waals surface area contributed by atoms with Crippen LogP contribution >= 0.6 is 23.2 Å². The Kier molecular flexibility index (Phi) is 3.62. The van der Waals surface area contributed by atoms with E-state index in [0.717, 1.165) is 24.9 Å². The molecule has 0 saturated carbocycles. The average Bonchev–Trinajstić information content (AvgIpc) is 2.25. The molecular weight excluding hydrogens is 243 g/mol. The monoisotopic (exact) mass is 256 g/mol. The molecule has 0 bridgehead atoms. The number of nitrogens with one attached hydrogen (secondary N) is 1. The van der Waals surface area contributed by atoms with Gasteiger partial charge in [0, 0.05) is 11.7 Å². The van der Waals surface area contributed by atoms with Gasteiger partial charge in [0.15, 0.2) is 0 Å². The summed E-state index contributed by atoms with van der Waals surface area (Å²) in [6.45, 7) is 0. The van der Waals surface area contributed by atoms with Gasteiger partial charge in [0.1, 0.15) is 0 Å². The second kappa shape index (κ2) is 4.98. The van der Waals surface area contributed by atoms with E-state index in [4.69, 9.17) is 28.9 Å². The molecule has 1 aromatic rings. The van der Waals surface area contributed by atoms with E-state index in [0.29, 0.717) is 21.8 Å². The number of nitrogen functional groups attached to an aromatic ring is 1. The van der Waals surface area contributed by atoms with Gasteiger partial charge in [-0.25, -0.2) is 0 Å². The maximum absolute atomic E-state index is 6.11. The fourth-order valence-electron chi connectivity index (χ4n) is 1.86. The Morgan fingerprint density at radius 3 is 2.44 bits per heavy atom. The third kappa shape index (κ3) is 2.63. The minimum Gasteiger partial charge on any atom is -0.399 e. The summed E-state index contributed by atoms with van der Waals surface area (Å²) in [6.07, 6.45) is 7.59. The number of rotatable bonds is 2. The van der Waals surface area contributed by atoms with Gasteiger partial charge < -0.3 is 11.1 Å². The standard InChI is InChI=1S/C12H14Cl2N2/c13-10-6-8(15)7-11(14)12(10)16-9-4-2-1-3-5-9/h1-2,6-7,9,16H,3-5,15H2. The fourth-order valence-corrected chi connectivity index (χ4v) is 2.47. The van der Waals surface area contributed by atoms with Crippen molar-refractivity contribution in [2.45, 2.75) is 25.3 Å². The van der Waals surface area contributed by atoms with Crippen LogP contribution in [-0.2, 0) is 0 Å². The van der Waals surface area contributed by atoms with Gasteiger partial charge >= 0.3 is 0 Å². The highest BCUT2D eigenvalue weighted by molar-refractivity contribution is 6.39. The zero-order chi connectivity index (χ0) is 11.5. The summed E-state index contributed by atoms with van der Waals surface area (Å²) in [5.74, 6) is 0. The first-order chi connectivity index (χ1) is 7.66. The van der Waals surface area contributed by atoms with Crippen LogP contribution < -0.4 is 11.1 Å². The molecule has 0 fully saturated rings. The predicted molar refractivity (Wildman–Crippen MR) is 71.3 cm³/mol. The van der Waals surface area contributed by atoms with E-state index in [-0.39, 0.29) is 0 Å². The zero-order valence-electron chi connectivity index (χ0n) is 8.84. The lowest BCUT2D eigenvalue weighted by atomic mass is 10.0. The van der Waals surface area contributed by atoms with Crippen LogP contribution in [0.1, 0.15) is 19.3 Å². The first-order valence-corrected chi connectivity index (χ1v) is 6.08. The van der Waals surface area contributed by atoms with Gasteiger partial charge in [0.2, 0.25) is 0 Å². The molecule has 2 rings (SSSR count). The normalized spacial score (nSPS) is 19.8. The molecule has 0 saturated heterocycles. The molecule has 4 heteroatoms. The number of hydrogen-bond acceptors (Lipinski definition) is 2. The Bertz CT molecular complexity index is 392. The summed E-state index contributed by atoms with van der Waals surface area (Å²) in [5, 5.41) is 4.54. The number of anilines is 2. The summed E-state index contributed by atoms with van der Waals surface area (Å²) >= 11 is 12.2. The molecule has 86 valence electrons. The summed E-state index contributed by atoms with van der Waals surface area (Å²) in [6, 6.07) is 3.84. The molecule has 0 heterocycles. The second-order valence-electron chi connectivity index (χ2n) is 3.99. The van der Waals surface area contributed by atoms with Crippen LogP contribution in [0.5, 0.6) is 0 Å². The molecule has 16 heavy (non-hydrogen) atoms. The number of hydrogen-bond donors (Lipinski definition) is 2. The van der Waals surface area contributed by atoms with Crippen LogP contribution in [0.15, 0.2) is 24.3 Å². The van der Waals surface area contributed by atoms with E-state index in [2.05, 4.69) is 17.5 Å². The van der Waals surface area contributed by atoms with E-state index in [1.807, 2.05) is 0 Å². The van der Waals surface area contributed by atoms with Crippen molar-refractivity contribution in [3.05, 3.63) is 34.3 Å². The molecule has 2 nitrogen and oxygen atoms in total. The lowest BCUT2D eigenvalue weighted by Gasteiger charge is -2.22. The van der Waals surface area contributed by atoms with E-state index in [9.17, 15) is 0 Å². The van der Waals surface area contributed by atoms with Crippen molar-refractivity contribution >= 4 is 34.6 Å². The lowest BCUT2D eigenvalue weighted by Crippen LogP contribution is -2.20. The topological polar surface area (TPSA) is 38.0 Å². The van der Waals surface area contributed by atoms with Crippen LogP contribution in [0, 0.1) is 0 Å². The Labute approximate surface area is 105 Å². The zero-order valence-corrected chi connectivity index (χ0v) is 10.4. The van der Waals surface area contributed by atoms with Crippen molar-refractivity contribution in [2.75, 3.05) is 11.1 Å². The molecule has 0 aliphatic heterocycles. The maximum atomic E-state index is 6.11. The fraction of sp³-hybridized carbons (Fsp3) is 0.333. The van der Waals surface area contributed by atoms with Crippen LogP contribution in [0.3, 0.4) is 0 Å². The van der Waals surface area contributed by atoms with Crippen molar-refractivity contribution in [1.82, 2.24) is 0 Å². The molecule has 1 aromatic carbocycles.